The lowest BCUT2D eigenvalue weighted by atomic mass is 9.90. The molecule has 0 fully saturated rings. The first-order valence-electron chi connectivity index (χ1n) is 14.4. The molecule has 4 nitrogen and oxygen atoms in total. The Morgan fingerprint density at radius 1 is 0.405 bits per heavy atom. The predicted molar refractivity (Wildman–Crippen MR) is 178 cm³/mol. The molecule has 204 valence electrons. The Kier molecular flexibility index (Phi) is 6.09. The van der Waals surface area contributed by atoms with Gasteiger partial charge in [0.15, 0.2) is 0 Å². The van der Waals surface area contributed by atoms with Crippen LogP contribution in [-0.4, -0.2) is 22.8 Å². The summed E-state index contributed by atoms with van der Waals surface area (Å²) in [4.78, 5) is 20.4. The zero-order valence-corrected chi connectivity index (χ0v) is 24.9. The van der Waals surface area contributed by atoms with Gasteiger partial charge in [-0.1, -0.05) is 35.4 Å². The summed E-state index contributed by atoms with van der Waals surface area (Å²) in [5.41, 5.74) is 18.9. The molecule has 0 radical (unpaired) electrons. The van der Waals surface area contributed by atoms with Crippen molar-refractivity contribution in [3.63, 3.8) is 0 Å². The van der Waals surface area contributed by atoms with Gasteiger partial charge in [0.2, 0.25) is 0 Å². The number of allylic oxidation sites excluding steroid dienone is 12. The molecule has 0 unspecified atom stereocenters. The maximum absolute atomic E-state index is 5.09. The molecule has 0 spiro atoms. The molecule has 0 atom stereocenters. The van der Waals surface area contributed by atoms with E-state index in [-0.39, 0.29) is 0 Å². The fourth-order valence-electron chi connectivity index (χ4n) is 6.62. The zero-order valence-electron chi connectivity index (χ0n) is 24.9. The highest BCUT2D eigenvalue weighted by molar-refractivity contribution is 6.34. The number of fused-ring (bicyclic) bond motifs is 4. The summed E-state index contributed by atoms with van der Waals surface area (Å²) in [6, 6.07) is 8.93. The van der Waals surface area contributed by atoms with Crippen LogP contribution in [0.1, 0.15) is 44.5 Å². The minimum absolute atomic E-state index is 0.873. The fraction of sp³-hybridized carbons (Fsp3) is 0.158. The molecule has 0 amide bonds. The summed E-state index contributed by atoms with van der Waals surface area (Å²) in [6.45, 7) is 13.0. The number of aryl methyl sites for hydroxylation is 6. The Morgan fingerprint density at radius 3 is 1.17 bits per heavy atom. The first-order valence-corrected chi connectivity index (χ1v) is 14.4. The van der Waals surface area contributed by atoms with Gasteiger partial charge in [0.05, 0.1) is 45.6 Å². The van der Waals surface area contributed by atoms with Crippen LogP contribution >= 0.6 is 0 Å². The molecule has 0 aromatic heterocycles. The largest absolute Gasteiger partial charge is 0.248 e. The second-order valence-corrected chi connectivity index (χ2v) is 11.6. The first-order chi connectivity index (χ1) is 20.2. The van der Waals surface area contributed by atoms with Crippen molar-refractivity contribution in [1.29, 1.82) is 0 Å². The number of benzene rings is 2. The average molecular weight is 545 g/mol. The Labute approximate surface area is 247 Å². The molecule has 0 saturated carbocycles. The van der Waals surface area contributed by atoms with Crippen molar-refractivity contribution in [3.05, 3.63) is 152 Å². The standard InChI is InChI=1S/C38H32N4/c1-21-15-23(3)35(24(4)16-21)37-31-11-7-27(39-31)19-29-9-13-33(41-29)38(36-25(5)17-22(2)18-26(36)6)34-14-10-30(42-34)20-28-8-12-32(37)40-28/h7-20H,1-6H3. The van der Waals surface area contributed by atoms with Gasteiger partial charge in [0, 0.05) is 11.1 Å². The zero-order chi connectivity index (χ0) is 29.1. The number of nitrogens with zero attached hydrogens (tertiary/aromatic N) is 4. The van der Waals surface area contributed by atoms with Crippen LogP contribution in [0, 0.1) is 41.5 Å². The lowest BCUT2D eigenvalue weighted by molar-refractivity contribution is 1.28. The monoisotopic (exact) mass is 544 g/mol. The Balaban J connectivity index is 1.47. The van der Waals surface area contributed by atoms with Crippen LogP contribution < -0.4 is 0 Å². The first kappa shape index (κ1) is 26.0. The van der Waals surface area contributed by atoms with Gasteiger partial charge in [-0.25, -0.2) is 20.0 Å². The molecule has 0 N–H and O–H groups in total. The van der Waals surface area contributed by atoms with Crippen LogP contribution in [0.2, 0.25) is 0 Å². The van der Waals surface area contributed by atoms with E-state index in [1.165, 1.54) is 44.5 Å². The molecular formula is C38H32N4. The third-order valence-electron chi connectivity index (χ3n) is 8.12. The van der Waals surface area contributed by atoms with Gasteiger partial charge in [0.1, 0.15) is 0 Å². The minimum Gasteiger partial charge on any atom is -0.248 e. The van der Waals surface area contributed by atoms with E-state index >= 15 is 0 Å². The fourth-order valence-corrected chi connectivity index (χ4v) is 6.62. The molecular weight excluding hydrogens is 512 g/mol. The van der Waals surface area contributed by atoms with Crippen molar-refractivity contribution in [1.82, 2.24) is 0 Å². The van der Waals surface area contributed by atoms with E-state index < -0.39 is 0 Å². The third-order valence-corrected chi connectivity index (χ3v) is 8.12. The van der Waals surface area contributed by atoms with Crippen molar-refractivity contribution >= 4 is 34.0 Å². The van der Waals surface area contributed by atoms with Crippen LogP contribution in [0.25, 0.3) is 11.1 Å². The predicted octanol–water partition coefficient (Wildman–Crippen LogP) is 8.48. The number of aliphatic imine (C=N–C) groups is 4. The summed E-state index contributed by atoms with van der Waals surface area (Å²) in [5, 5.41) is 0. The highest BCUT2D eigenvalue weighted by Gasteiger charge is 2.24. The van der Waals surface area contributed by atoms with Gasteiger partial charge in [-0.3, -0.25) is 0 Å². The van der Waals surface area contributed by atoms with Gasteiger partial charge >= 0.3 is 0 Å². The highest BCUT2D eigenvalue weighted by atomic mass is 14.9. The summed E-state index contributed by atoms with van der Waals surface area (Å²) in [5.74, 6) is 0. The van der Waals surface area contributed by atoms with E-state index in [0.29, 0.717) is 0 Å². The number of hydrogen-bond donors (Lipinski definition) is 0. The second-order valence-electron chi connectivity index (χ2n) is 11.6. The molecule has 5 heterocycles. The van der Waals surface area contributed by atoms with Crippen molar-refractivity contribution in [3.8, 4) is 0 Å². The van der Waals surface area contributed by atoms with E-state index in [9.17, 15) is 0 Å². The van der Waals surface area contributed by atoms with Crippen molar-refractivity contribution in [2.45, 2.75) is 41.5 Å². The maximum Gasteiger partial charge on any atom is 0.0738 e. The SMILES string of the molecule is Cc1cc(C)c(C2=C3C=CC(=N3)C=C3C=CC(=N3)C(c3c(C)cc(C)cc3C)=C3C=CC(=N3)C=C3C=CC2=N3)c(C)c1. The minimum atomic E-state index is 0.873. The van der Waals surface area contributed by atoms with E-state index in [4.69, 9.17) is 20.0 Å². The molecule has 7 rings (SSSR count). The van der Waals surface area contributed by atoms with E-state index in [1.807, 2.05) is 0 Å². The van der Waals surface area contributed by atoms with Gasteiger partial charge in [0.25, 0.3) is 0 Å². The highest BCUT2D eigenvalue weighted by Crippen LogP contribution is 2.36. The van der Waals surface area contributed by atoms with Gasteiger partial charge < -0.3 is 0 Å². The maximum atomic E-state index is 5.09. The normalized spacial score (nSPS) is 18.5. The van der Waals surface area contributed by atoms with Crippen LogP contribution in [0.5, 0.6) is 0 Å². The van der Waals surface area contributed by atoms with E-state index in [1.54, 1.807) is 0 Å². The topological polar surface area (TPSA) is 49.4 Å². The van der Waals surface area contributed by atoms with Crippen LogP contribution in [-0.2, 0) is 0 Å². The summed E-state index contributed by atoms with van der Waals surface area (Å²) in [7, 11) is 0. The molecule has 42 heavy (non-hydrogen) atoms. The Morgan fingerprint density at radius 2 is 0.786 bits per heavy atom. The second kappa shape index (κ2) is 9.85. The van der Waals surface area contributed by atoms with Crippen molar-refractivity contribution in [2.24, 2.45) is 20.0 Å². The molecule has 8 bridgehead atoms. The summed E-state index contributed by atoms with van der Waals surface area (Å²) in [6.07, 6.45) is 20.8. The third kappa shape index (κ3) is 4.50. The smallest absolute Gasteiger partial charge is 0.0738 e. The molecule has 0 aliphatic carbocycles. The average Bonchev–Trinajstić information content (AvgIpc) is 3.73. The quantitative estimate of drug-likeness (QED) is 0.364. The molecule has 5 aliphatic heterocycles. The molecule has 5 aliphatic rings. The van der Waals surface area contributed by atoms with Crippen LogP contribution in [0.4, 0.5) is 0 Å². The lowest BCUT2D eigenvalue weighted by Gasteiger charge is -2.16. The van der Waals surface area contributed by atoms with E-state index in [0.717, 1.165) is 56.8 Å². The van der Waals surface area contributed by atoms with Crippen LogP contribution in [0.3, 0.4) is 0 Å². The van der Waals surface area contributed by atoms with Gasteiger partial charge in [-0.15, -0.1) is 0 Å². The Bertz CT molecular complexity index is 1810. The molecule has 2 aromatic rings. The number of hydrogen-bond acceptors (Lipinski definition) is 4. The van der Waals surface area contributed by atoms with Gasteiger partial charge in [-0.2, -0.15) is 0 Å². The van der Waals surface area contributed by atoms with E-state index in [2.05, 4.69) is 127 Å². The van der Waals surface area contributed by atoms with Crippen LogP contribution in [0.15, 0.2) is 128 Å². The molecule has 2 aromatic carbocycles. The lowest BCUT2D eigenvalue weighted by Crippen LogP contribution is -2.05. The summed E-state index contributed by atoms with van der Waals surface area (Å²) < 4.78 is 0. The Hall–Kier alpha value is -4.96. The van der Waals surface area contributed by atoms with Gasteiger partial charge in [-0.05, 0) is 136 Å². The van der Waals surface area contributed by atoms with Crippen molar-refractivity contribution < 1.29 is 0 Å². The van der Waals surface area contributed by atoms with Crippen molar-refractivity contribution in [2.75, 3.05) is 0 Å². The molecule has 0 saturated heterocycles. The molecule has 4 heteroatoms. The number of rotatable bonds is 2. The summed E-state index contributed by atoms with van der Waals surface area (Å²) >= 11 is 0.